The molecule has 0 amide bonds. The highest BCUT2D eigenvalue weighted by Gasteiger charge is 2.54. The third-order valence-electron chi connectivity index (χ3n) is 4.44. The third-order valence-corrected chi connectivity index (χ3v) is 4.44. The van der Waals surface area contributed by atoms with Gasteiger partial charge in [0.15, 0.2) is 0 Å². The lowest BCUT2D eigenvalue weighted by atomic mass is 9.90. The molecule has 0 heterocycles. The molecule has 1 N–H and O–H groups in total. The molecule has 1 aromatic carbocycles. The second-order valence-corrected chi connectivity index (χ2v) is 6.20. The molecule has 0 spiro atoms. The fourth-order valence-corrected chi connectivity index (χ4v) is 3.15. The molecule has 0 aliphatic heterocycles. The topological polar surface area (TPSA) is 21.3 Å². The van der Waals surface area contributed by atoms with Gasteiger partial charge in [0.25, 0.3) is 0 Å². The SMILES string of the molecule is CCC1CC1(CNC(C)C)c1cc(C)ccc1OC. The van der Waals surface area contributed by atoms with Gasteiger partial charge in [-0.05, 0) is 25.3 Å². The van der Waals surface area contributed by atoms with Crippen molar-refractivity contribution < 1.29 is 4.74 Å². The molecule has 19 heavy (non-hydrogen) atoms. The van der Waals surface area contributed by atoms with Crippen molar-refractivity contribution in [2.45, 2.75) is 52.0 Å². The molecular weight excluding hydrogens is 234 g/mol. The number of aryl methyl sites for hydroxylation is 1. The van der Waals surface area contributed by atoms with Gasteiger partial charge in [-0.3, -0.25) is 0 Å². The van der Waals surface area contributed by atoms with Crippen LogP contribution in [0.15, 0.2) is 18.2 Å². The molecule has 2 heteroatoms. The predicted molar refractivity (Wildman–Crippen MR) is 80.9 cm³/mol. The molecule has 1 aliphatic carbocycles. The number of nitrogens with one attached hydrogen (secondary N) is 1. The number of rotatable bonds is 6. The van der Waals surface area contributed by atoms with E-state index in [0.717, 1.165) is 18.2 Å². The Morgan fingerprint density at radius 3 is 2.68 bits per heavy atom. The summed E-state index contributed by atoms with van der Waals surface area (Å²) in [6.45, 7) is 9.94. The van der Waals surface area contributed by atoms with Gasteiger partial charge in [-0.1, -0.05) is 44.9 Å². The van der Waals surface area contributed by atoms with Crippen LogP contribution in [0.4, 0.5) is 0 Å². The Kier molecular flexibility index (Phi) is 4.19. The van der Waals surface area contributed by atoms with Crippen molar-refractivity contribution in [3.05, 3.63) is 29.3 Å². The zero-order valence-electron chi connectivity index (χ0n) is 12.9. The first kappa shape index (κ1) is 14.4. The van der Waals surface area contributed by atoms with Crippen molar-refractivity contribution in [3.8, 4) is 5.75 Å². The van der Waals surface area contributed by atoms with Crippen molar-refractivity contribution in [1.82, 2.24) is 5.32 Å². The van der Waals surface area contributed by atoms with Crippen LogP contribution in [0.3, 0.4) is 0 Å². The number of benzene rings is 1. The van der Waals surface area contributed by atoms with Crippen LogP contribution in [-0.4, -0.2) is 19.7 Å². The third kappa shape index (κ3) is 2.79. The van der Waals surface area contributed by atoms with Crippen LogP contribution >= 0.6 is 0 Å². The summed E-state index contributed by atoms with van der Waals surface area (Å²) in [6.07, 6.45) is 2.53. The Morgan fingerprint density at radius 1 is 1.42 bits per heavy atom. The zero-order valence-corrected chi connectivity index (χ0v) is 12.9. The zero-order chi connectivity index (χ0) is 14.0. The van der Waals surface area contributed by atoms with Gasteiger partial charge in [0.2, 0.25) is 0 Å². The molecule has 1 aromatic rings. The van der Waals surface area contributed by atoms with E-state index in [2.05, 4.69) is 51.2 Å². The van der Waals surface area contributed by atoms with Gasteiger partial charge in [0, 0.05) is 23.6 Å². The highest BCUT2D eigenvalue weighted by Crippen LogP contribution is 2.58. The number of hydrogen-bond acceptors (Lipinski definition) is 2. The molecule has 0 aromatic heterocycles. The van der Waals surface area contributed by atoms with Gasteiger partial charge in [-0.2, -0.15) is 0 Å². The molecule has 0 radical (unpaired) electrons. The van der Waals surface area contributed by atoms with Gasteiger partial charge in [-0.15, -0.1) is 0 Å². The van der Waals surface area contributed by atoms with E-state index in [1.54, 1.807) is 7.11 Å². The summed E-state index contributed by atoms with van der Waals surface area (Å²) >= 11 is 0. The van der Waals surface area contributed by atoms with Crippen LogP contribution in [0.1, 0.15) is 44.7 Å². The van der Waals surface area contributed by atoms with Gasteiger partial charge in [0.05, 0.1) is 7.11 Å². The molecule has 1 fully saturated rings. The van der Waals surface area contributed by atoms with Gasteiger partial charge in [0.1, 0.15) is 5.75 Å². The first-order chi connectivity index (χ1) is 9.03. The van der Waals surface area contributed by atoms with E-state index < -0.39 is 0 Å². The van der Waals surface area contributed by atoms with Crippen molar-refractivity contribution >= 4 is 0 Å². The number of hydrogen-bond donors (Lipinski definition) is 1. The molecule has 0 bridgehead atoms. The van der Waals surface area contributed by atoms with Crippen LogP contribution in [0.25, 0.3) is 0 Å². The quantitative estimate of drug-likeness (QED) is 0.843. The fraction of sp³-hybridized carbons (Fsp3) is 0.647. The average molecular weight is 261 g/mol. The maximum Gasteiger partial charge on any atom is 0.122 e. The van der Waals surface area contributed by atoms with E-state index >= 15 is 0 Å². The summed E-state index contributed by atoms with van der Waals surface area (Å²) in [5.74, 6) is 1.83. The summed E-state index contributed by atoms with van der Waals surface area (Å²) in [4.78, 5) is 0. The summed E-state index contributed by atoms with van der Waals surface area (Å²) in [5.41, 5.74) is 3.01. The number of methoxy groups -OCH3 is 1. The highest BCUT2D eigenvalue weighted by atomic mass is 16.5. The molecule has 2 unspecified atom stereocenters. The predicted octanol–water partition coefficient (Wildman–Crippen LogP) is 3.67. The molecule has 1 aliphatic rings. The minimum atomic E-state index is 0.288. The molecule has 2 nitrogen and oxygen atoms in total. The molecule has 2 rings (SSSR count). The van der Waals surface area contributed by atoms with E-state index in [9.17, 15) is 0 Å². The first-order valence-corrected chi connectivity index (χ1v) is 7.42. The Morgan fingerprint density at radius 2 is 2.16 bits per heavy atom. The lowest BCUT2D eigenvalue weighted by Gasteiger charge is -2.23. The van der Waals surface area contributed by atoms with Gasteiger partial charge >= 0.3 is 0 Å². The Labute approximate surface area is 117 Å². The molecule has 1 saturated carbocycles. The molecule has 2 atom stereocenters. The maximum absolute atomic E-state index is 5.60. The van der Waals surface area contributed by atoms with Crippen LogP contribution < -0.4 is 10.1 Å². The Hall–Kier alpha value is -1.02. The first-order valence-electron chi connectivity index (χ1n) is 7.42. The van der Waals surface area contributed by atoms with Crippen molar-refractivity contribution in [2.75, 3.05) is 13.7 Å². The fourth-order valence-electron chi connectivity index (χ4n) is 3.15. The van der Waals surface area contributed by atoms with Crippen LogP contribution in [0.5, 0.6) is 5.75 Å². The van der Waals surface area contributed by atoms with E-state index in [1.807, 2.05) is 0 Å². The smallest absolute Gasteiger partial charge is 0.122 e. The summed E-state index contributed by atoms with van der Waals surface area (Å²) in [6, 6.07) is 7.10. The number of ether oxygens (including phenoxy) is 1. The van der Waals surface area contributed by atoms with E-state index in [-0.39, 0.29) is 5.41 Å². The van der Waals surface area contributed by atoms with Crippen molar-refractivity contribution in [2.24, 2.45) is 5.92 Å². The molecule has 0 saturated heterocycles. The summed E-state index contributed by atoms with van der Waals surface area (Å²) in [5, 5.41) is 3.63. The van der Waals surface area contributed by atoms with E-state index in [0.29, 0.717) is 6.04 Å². The minimum absolute atomic E-state index is 0.288. The lowest BCUT2D eigenvalue weighted by molar-refractivity contribution is 0.395. The van der Waals surface area contributed by atoms with E-state index in [4.69, 9.17) is 4.74 Å². The minimum Gasteiger partial charge on any atom is -0.496 e. The monoisotopic (exact) mass is 261 g/mol. The summed E-state index contributed by atoms with van der Waals surface area (Å²) < 4.78 is 5.60. The van der Waals surface area contributed by atoms with Crippen LogP contribution in [-0.2, 0) is 5.41 Å². The normalized spacial score (nSPS) is 25.7. The molecular formula is C17H27NO. The lowest BCUT2D eigenvalue weighted by Crippen LogP contribution is -2.33. The second-order valence-electron chi connectivity index (χ2n) is 6.20. The Balaban J connectivity index is 2.32. The average Bonchev–Trinajstić information content (AvgIpc) is 3.11. The van der Waals surface area contributed by atoms with Crippen LogP contribution in [0.2, 0.25) is 0 Å². The van der Waals surface area contributed by atoms with Gasteiger partial charge < -0.3 is 10.1 Å². The van der Waals surface area contributed by atoms with Crippen LogP contribution in [0, 0.1) is 12.8 Å². The standard InChI is InChI=1S/C17H27NO/c1-6-14-10-17(14,11-18-12(2)3)15-9-13(4)7-8-16(15)19-5/h7-9,12,14,18H,6,10-11H2,1-5H3. The van der Waals surface area contributed by atoms with Crippen molar-refractivity contribution in [1.29, 1.82) is 0 Å². The summed E-state index contributed by atoms with van der Waals surface area (Å²) in [7, 11) is 1.78. The van der Waals surface area contributed by atoms with Crippen molar-refractivity contribution in [3.63, 3.8) is 0 Å². The highest BCUT2D eigenvalue weighted by molar-refractivity contribution is 5.47. The molecule has 106 valence electrons. The van der Waals surface area contributed by atoms with E-state index in [1.165, 1.54) is 24.0 Å². The Bertz CT molecular complexity index is 441. The maximum atomic E-state index is 5.60. The second kappa shape index (κ2) is 5.54. The van der Waals surface area contributed by atoms with Gasteiger partial charge in [-0.25, -0.2) is 0 Å². The largest absolute Gasteiger partial charge is 0.496 e.